The van der Waals surface area contributed by atoms with Crippen molar-refractivity contribution in [2.45, 2.75) is 32.1 Å². The summed E-state index contributed by atoms with van der Waals surface area (Å²) >= 11 is 0. The molecule has 2 N–H and O–H groups in total. The van der Waals surface area contributed by atoms with E-state index in [0.717, 1.165) is 17.4 Å². The van der Waals surface area contributed by atoms with E-state index in [4.69, 9.17) is 0 Å². The van der Waals surface area contributed by atoms with E-state index in [1.54, 1.807) is 18.2 Å². The summed E-state index contributed by atoms with van der Waals surface area (Å²) in [6, 6.07) is 3.75. The Morgan fingerprint density at radius 1 is 1.19 bits per heavy atom. The van der Waals surface area contributed by atoms with Gasteiger partial charge in [0.2, 0.25) is 5.91 Å². The predicted octanol–water partition coefficient (Wildman–Crippen LogP) is 0.978. The molecule has 0 aliphatic heterocycles. The van der Waals surface area contributed by atoms with Crippen LogP contribution in [0.5, 0.6) is 0 Å². The molecular formula is C14H19NO5S. The van der Waals surface area contributed by atoms with E-state index in [1.165, 1.54) is 6.92 Å². The van der Waals surface area contributed by atoms with Gasteiger partial charge in [0, 0.05) is 6.26 Å². The van der Waals surface area contributed by atoms with Gasteiger partial charge >= 0.3 is 5.97 Å². The zero-order valence-corrected chi connectivity index (χ0v) is 13.2. The van der Waals surface area contributed by atoms with Gasteiger partial charge in [-0.05, 0) is 37.5 Å². The minimum absolute atomic E-state index is 0.402. The van der Waals surface area contributed by atoms with E-state index in [1.807, 2.05) is 13.8 Å². The molecule has 0 saturated carbocycles. The van der Waals surface area contributed by atoms with Crippen LogP contribution < -0.4 is 5.32 Å². The molecule has 2 atom stereocenters. The number of aliphatic carboxylic acids is 1. The van der Waals surface area contributed by atoms with Crippen LogP contribution in [0.3, 0.4) is 0 Å². The highest BCUT2D eigenvalue weighted by Crippen LogP contribution is 2.18. The maximum absolute atomic E-state index is 11.9. The normalized spacial score (nSPS) is 14.3. The summed E-state index contributed by atoms with van der Waals surface area (Å²) in [5.41, 5.74) is 2.29. The maximum atomic E-state index is 11.9. The third-order valence-electron chi connectivity index (χ3n) is 3.41. The Balaban J connectivity index is 3.06. The van der Waals surface area contributed by atoms with Crippen molar-refractivity contribution in [3.63, 3.8) is 0 Å². The Kier molecular flexibility index (Phi) is 5.11. The molecule has 1 rings (SSSR count). The van der Waals surface area contributed by atoms with Gasteiger partial charge in [-0.25, -0.2) is 13.2 Å². The van der Waals surface area contributed by atoms with E-state index in [2.05, 4.69) is 5.32 Å². The highest BCUT2D eigenvalue weighted by Gasteiger charge is 2.29. The maximum Gasteiger partial charge on any atom is 0.330 e. The zero-order chi connectivity index (χ0) is 16.4. The van der Waals surface area contributed by atoms with Crippen molar-refractivity contribution >= 4 is 21.7 Å². The van der Waals surface area contributed by atoms with Gasteiger partial charge in [0.25, 0.3) is 0 Å². The molecule has 0 heterocycles. The van der Waals surface area contributed by atoms with Crippen molar-refractivity contribution in [3.05, 3.63) is 34.9 Å². The topological polar surface area (TPSA) is 101 Å². The second kappa shape index (κ2) is 6.26. The second-order valence-electron chi connectivity index (χ2n) is 5.10. The molecule has 7 heteroatoms. The summed E-state index contributed by atoms with van der Waals surface area (Å²) in [6.45, 7) is 4.95. The van der Waals surface area contributed by atoms with E-state index in [0.29, 0.717) is 5.56 Å². The molecule has 2 unspecified atom stereocenters. The van der Waals surface area contributed by atoms with Gasteiger partial charge in [-0.15, -0.1) is 0 Å². The quantitative estimate of drug-likeness (QED) is 0.844. The van der Waals surface area contributed by atoms with Gasteiger partial charge in [0.1, 0.15) is 5.25 Å². The molecule has 1 amide bonds. The third kappa shape index (κ3) is 4.29. The first-order valence-corrected chi connectivity index (χ1v) is 8.28. The standard InChI is InChI=1S/C14H19NO5S/c1-8-5-6-11(7-9(8)2)12(14(17)18)15-13(16)10(3)21(4,19)20/h5-7,10,12H,1-4H3,(H,15,16)(H,17,18). The smallest absolute Gasteiger partial charge is 0.330 e. The van der Waals surface area contributed by atoms with E-state index >= 15 is 0 Å². The number of benzene rings is 1. The summed E-state index contributed by atoms with van der Waals surface area (Å²) in [6.07, 6.45) is 0.934. The summed E-state index contributed by atoms with van der Waals surface area (Å²) < 4.78 is 22.7. The van der Waals surface area contributed by atoms with Crippen molar-refractivity contribution in [1.29, 1.82) is 0 Å². The Bertz CT molecular complexity index is 666. The molecule has 21 heavy (non-hydrogen) atoms. The van der Waals surface area contributed by atoms with Crippen LogP contribution in [0.25, 0.3) is 0 Å². The first-order chi connectivity index (χ1) is 9.54. The Hall–Kier alpha value is -1.89. The number of carboxylic acid groups (broad SMARTS) is 1. The van der Waals surface area contributed by atoms with Crippen LogP contribution in [0.15, 0.2) is 18.2 Å². The summed E-state index contributed by atoms with van der Waals surface area (Å²) in [5.74, 6) is -2.07. The van der Waals surface area contributed by atoms with Crippen molar-refractivity contribution in [2.24, 2.45) is 0 Å². The first kappa shape index (κ1) is 17.2. The van der Waals surface area contributed by atoms with Crippen LogP contribution in [0.2, 0.25) is 0 Å². The fourth-order valence-electron chi connectivity index (χ4n) is 1.69. The number of hydrogen-bond donors (Lipinski definition) is 2. The lowest BCUT2D eigenvalue weighted by molar-refractivity contribution is -0.141. The Morgan fingerprint density at radius 3 is 2.19 bits per heavy atom. The highest BCUT2D eigenvalue weighted by atomic mass is 32.2. The van der Waals surface area contributed by atoms with Crippen LogP contribution in [-0.2, 0) is 19.4 Å². The Morgan fingerprint density at radius 2 is 1.76 bits per heavy atom. The molecule has 0 aliphatic rings. The minimum atomic E-state index is -3.58. The van der Waals surface area contributed by atoms with Crippen molar-refractivity contribution < 1.29 is 23.1 Å². The second-order valence-corrected chi connectivity index (χ2v) is 7.46. The van der Waals surface area contributed by atoms with Crippen LogP contribution >= 0.6 is 0 Å². The molecule has 1 aromatic rings. The fraction of sp³-hybridized carbons (Fsp3) is 0.429. The molecule has 6 nitrogen and oxygen atoms in total. The average molecular weight is 313 g/mol. The first-order valence-electron chi connectivity index (χ1n) is 6.33. The Labute approximate surface area is 124 Å². The monoisotopic (exact) mass is 313 g/mol. The lowest BCUT2D eigenvalue weighted by atomic mass is 10.0. The molecule has 0 aliphatic carbocycles. The van der Waals surface area contributed by atoms with Crippen molar-refractivity contribution in [1.82, 2.24) is 5.32 Å². The lowest BCUT2D eigenvalue weighted by Gasteiger charge is -2.18. The number of aryl methyl sites for hydroxylation is 2. The molecule has 116 valence electrons. The molecule has 0 saturated heterocycles. The molecular weight excluding hydrogens is 294 g/mol. The van der Waals surface area contributed by atoms with Crippen molar-refractivity contribution in [3.8, 4) is 0 Å². The van der Waals surface area contributed by atoms with Gasteiger partial charge in [-0.1, -0.05) is 18.2 Å². The number of carbonyl (C=O) groups excluding carboxylic acids is 1. The van der Waals surface area contributed by atoms with Gasteiger partial charge in [-0.3, -0.25) is 4.79 Å². The number of rotatable bonds is 5. The van der Waals surface area contributed by atoms with Crippen LogP contribution in [0.4, 0.5) is 0 Å². The number of carboxylic acids is 1. The predicted molar refractivity (Wildman–Crippen MR) is 78.7 cm³/mol. The lowest BCUT2D eigenvalue weighted by Crippen LogP contribution is -2.42. The van der Waals surface area contributed by atoms with Crippen LogP contribution in [-0.4, -0.2) is 36.9 Å². The van der Waals surface area contributed by atoms with Gasteiger partial charge in [0.05, 0.1) is 0 Å². The third-order valence-corrected chi connectivity index (χ3v) is 4.91. The molecule has 1 aromatic carbocycles. The van der Waals surface area contributed by atoms with Crippen LogP contribution in [0, 0.1) is 13.8 Å². The van der Waals surface area contributed by atoms with E-state index < -0.39 is 33.0 Å². The van der Waals surface area contributed by atoms with Gasteiger partial charge < -0.3 is 10.4 Å². The van der Waals surface area contributed by atoms with Crippen molar-refractivity contribution in [2.75, 3.05) is 6.26 Å². The summed E-state index contributed by atoms with van der Waals surface area (Å²) in [5, 5.41) is 10.2. The van der Waals surface area contributed by atoms with Gasteiger partial charge in [0.15, 0.2) is 15.9 Å². The molecule has 0 bridgehead atoms. The molecule has 0 spiro atoms. The SMILES string of the molecule is Cc1ccc(C(NC(=O)C(C)S(C)(=O)=O)C(=O)O)cc1C. The fourth-order valence-corrected chi connectivity index (χ4v) is 2.14. The number of carbonyl (C=O) groups is 2. The average Bonchev–Trinajstić information content (AvgIpc) is 2.36. The molecule has 0 aromatic heterocycles. The molecule has 0 fully saturated rings. The molecule has 0 radical (unpaired) electrons. The highest BCUT2D eigenvalue weighted by molar-refractivity contribution is 7.92. The summed E-state index contributed by atoms with van der Waals surface area (Å²) in [7, 11) is -3.58. The number of hydrogen-bond acceptors (Lipinski definition) is 4. The number of amides is 1. The summed E-state index contributed by atoms with van der Waals surface area (Å²) in [4.78, 5) is 23.2. The minimum Gasteiger partial charge on any atom is -0.479 e. The van der Waals surface area contributed by atoms with Gasteiger partial charge in [-0.2, -0.15) is 0 Å². The zero-order valence-electron chi connectivity index (χ0n) is 12.4. The number of sulfone groups is 1. The van der Waals surface area contributed by atoms with E-state index in [9.17, 15) is 23.1 Å². The van der Waals surface area contributed by atoms with Crippen LogP contribution in [0.1, 0.15) is 29.7 Å². The number of nitrogens with one attached hydrogen (secondary N) is 1. The largest absolute Gasteiger partial charge is 0.479 e. The van der Waals surface area contributed by atoms with E-state index in [-0.39, 0.29) is 0 Å².